The number of benzene rings is 1. The van der Waals surface area contributed by atoms with E-state index < -0.39 is 11.9 Å². The maximum absolute atomic E-state index is 12.9. The highest BCUT2D eigenvalue weighted by molar-refractivity contribution is 14.0. The van der Waals surface area contributed by atoms with Crippen LogP contribution in [-0.2, 0) is 23.8 Å². The third kappa shape index (κ3) is 10.3. The van der Waals surface area contributed by atoms with Gasteiger partial charge in [-0.05, 0) is 24.6 Å². The van der Waals surface area contributed by atoms with E-state index in [9.17, 15) is 22.4 Å². The molecule has 0 bridgehead atoms. The Bertz CT molecular complexity index is 843. The summed E-state index contributed by atoms with van der Waals surface area (Å²) in [5, 5.41) is 10.2. The van der Waals surface area contributed by atoms with E-state index in [1.165, 1.54) is 12.1 Å². The third-order valence-corrected chi connectivity index (χ3v) is 4.71. The van der Waals surface area contributed by atoms with Gasteiger partial charge in [-0.25, -0.2) is 9.37 Å². The number of halogens is 5. The molecule has 2 rings (SSSR count). The Morgan fingerprint density at radius 3 is 2.42 bits per heavy atom. The van der Waals surface area contributed by atoms with Crippen molar-refractivity contribution in [1.29, 1.82) is 0 Å². The normalized spacial score (nSPS) is 11.6. The SMILES string of the molecule is CCNC(=NCCc1nc(C(F)(F)F)cs1)NCCNC(=O)Cc1ccc(F)cc1.I. The van der Waals surface area contributed by atoms with Crippen LogP contribution in [0.15, 0.2) is 34.6 Å². The Morgan fingerprint density at radius 1 is 1.13 bits per heavy atom. The fraction of sp³-hybridized carbons (Fsp3) is 0.421. The Kier molecular flexibility index (Phi) is 11.7. The molecule has 1 aromatic heterocycles. The number of carbonyl (C=O) groups excluding carboxylic acids is 1. The van der Waals surface area contributed by atoms with Gasteiger partial charge in [0.25, 0.3) is 0 Å². The topological polar surface area (TPSA) is 78.4 Å². The first-order valence-electron chi connectivity index (χ1n) is 9.33. The van der Waals surface area contributed by atoms with Gasteiger partial charge in [-0.3, -0.25) is 9.79 Å². The van der Waals surface area contributed by atoms with Crippen molar-refractivity contribution in [2.75, 3.05) is 26.2 Å². The van der Waals surface area contributed by atoms with Gasteiger partial charge in [0.1, 0.15) is 5.82 Å². The van der Waals surface area contributed by atoms with E-state index in [0.717, 1.165) is 16.7 Å². The average molecular weight is 573 g/mol. The molecule has 0 radical (unpaired) electrons. The summed E-state index contributed by atoms with van der Waals surface area (Å²) in [7, 11) is 0. The Balaban J connectivity index is 0.00000480. The zero-order chi connectivity index (χ0) is 22.0. The summed E-state index contributed by atoms with van der Waals surface area (Å²) in [6.45, 7) is 3.54. The Labute approximate surface area is 199 Å². The van der Waals surface area contributed by atoms with E-state index in [1.54, 1.807) is 12.1 Å². The van der Waals surface area contributed by atoms with Crippen molar-refractivity contribution in [1.82, 2.24) is 20.9 Å². The molecule has 0 aliphatic carbocycles. The maximum atomic E-state index is 12.9. The highest BCUT2D eigenvalue weighted by Crippen LogP contribution is 2.30. The minimum atomic E-state index is -4.43. The monoisotopic (exact) mass is 573 g/mol. The van der Waals surface area contributed by atoms with Crippen LogP contribution in [0.3, 0.4) is 0 Å². The van der Waals surface area contributed by atoms with Gasteiger partial charge in [0.2, 0.25) is 5.91 Å². The number of hydrogen-bond acceptors (Lipinski definition) is 4. The van der Waals surface area contributed by atoms with Gasteiger partial charge in [-0.2, -0.15) is 13.2 Å². The van der Waals surface area contributed by atoms with Crippen LogP contribution in [0, 0.1) is 5.82 Å². The Morgan fingerprint density at radius 2 is 1.81 bits per heavy atom. The zero-order valence-electron chi connectivity index (χ0n) is 16.8. The lowest BCUT2D eigenvalue weighted by Crippen LogP contribution is -2.41. The van der Waals surface area contributed by atoms with E-state index >= 15 is 0 Å². The average Bonchev–Trinajstić information content (AvgIpc) is 3.16. The number of nitrogens with one attached hydrogen (secondary N) is 3. The summed E-state index contributed by atoms with van der Waals surface area (Å²) >= 11 is 0.958. The van der Waals surface area contributed by atoms with Crippen LogP contribution in [-0.4, -0.2) is 43.0 Å². The summed E-state index contributed by atoms with van der Waals surface area (Å²) in [5.74, 6) is -0.0401. The van der Waals surface area contributed by atoms with E-state index in [0.29, 0.717) is 42.6 Å². The number of rotatable bonds is 9. The quantitative estimate of drug-likeness (QED) is 0.141. The van der Waals surface area contributed by atoms with Gasteiger partial charge in [0, 0.05) is 38.0 Å². The summed E-state index contributed by atoms with van der Waals surface area (Å²) in [6, 6.07) is 5.73. The molecule has 0 saturated heterocycles. The summed E-state index contributed by atoms with van der Waals surface area (Å²) < 4.78 is 50.6. The number of amides is 1. The van der Waals surface area contributed by atoms with E-state index in [1.807, 2.05) is 6.92 Å². The lowest BCUT2D eigenvalue weighted by molar-refractivity contribution is -0.140. The number of thiazole rings is 1. The van der Waals surface area contributed by atoms with E-state index in [4.69, 9.17) is 0 Å². The number of hydrogen-bond donors (Lipinski definition) is 3. The number of alkyl halides is 3. The van der Waals surface area contributed by atoms with Crippen molar-refractivity contribution in [2.45, 2.75) is 25.9 Å². The van der Waals surface area contributed by atoms with Crippen molar-refractivity contribution < 1.29 is 22.4 Å². The molecule has 31 heavy (non-hydrogen) atoms. The van der Waals surface area contributed by atoms with Crippen LogP contribution in [0.25, 0.3) is 0 Å². The fourth-order valence-corrected chi connectivity index (χ4v) is 3.19. The molecule has 0 atom stereocenters. The van der Waals surface area contributed by atoms with Gasteiger partial charge < -0.3 is 16.0 Å². The van der Waals surface area contributed by atoms with Crippen LogP contribution in [0.2, 0.25) is 0 Å². The second-order valence-electron chi connectivity index (χ2n) is 6.21. The minimum absolute atomic E-state index is 0. The van der Waals surface area contributed by atoms with Crippen LogP contribution in [0.5, 0.6) is 0 Å². The fourth-order valence-electron chi connectivity index (χ4n) is 2.39. The van der Waals surface area contributed by atoms with Gasteiger partial charge in [0.15, 0.2) is 11.7 Å². The van der Waals surface area contributed by atoms with Crippen molar-refractivity contribution in [3.05, 3.63) is 51.7 Å². The number of carbonyl (C=O) groups is 1. The van der Waals surface area contributed by atoms with Crippen molar-refractivity contribution >= 4 is 47.2 Å². The summed E-state index contributed by atoms with van der Waals surface area (Å²) in [5.41, 5.74) is -0.166. The van der Waals surface area contributed by atoms with Crippen molar-refractivity contribution in [3.63, 3.8) is 0 Å². The highest BCUT2D eigenvalue weighted by atomic mass is 127. The predicted octanol–water partition coefficient (Wildman–Crippen LogP) is 3.38. The lowest BCUT2D eigenvalue weighted by Gasteiger charge is -2.12. The van der Waals surface area contributed by atoms with E-state index in [2.05, 4.69) is 25.9 Å². The summed E-state index contributed by atoms with van der Waals surface area (Å²) in [4.78, 5) is 19.8. The molecule has 0 aliphatic heterocycles. The molecule has 6 nitrogen and oxygen atoms in total. The molecule has 3 N–H and O–H groups in total. The van der Waals surface area contributed by atoms with Gasteiger partial charge in [-0.1, -0.05) is 12.1 Å². The first-order valence-corrected chi connectivity index (χ1v) is 10.2. The molecule has 2 aromatic rings. The van der Waals surface area contributed by atoms with Gasteiger partial charge in [-0.15, -0.1) is 35.3 Å². The minimum Gasteiger partial charge on any atom is -0.357 e. The first kappa shape index (κ1) is 27.1. The van der Waals surface area contributed by atoms with Crippen molar-refractivity contribution in [3.8, 4) is 0 Å². The second kappa shape index (κ2) is 13.5. The number of aliphatic imine (C=N–C) groups is 1. The maximum Gasteiger partial charge on any atom is 0.434 e. The molecule has 0 spiro atoms. The molecule has 1 amide bonds. The predicted molar refractivity (Wildman–Crippen MR) is 123 cm³/mol. The molecule has 0 aliphatic rings. The van der Waals surface area contributed by atoms with Crippen LogP contribution >= 0.6 is 35.3 Å². The molecule has 12 heteroatoms. The van der Waals surface area contributed by atoms with Gasteiger partial charge >= 0.3 is 6.18 Å². The molecule has 172 valence electrons. The van der Waals surface area contributed by atoms with Crippen molar-refractivity contribution in [2.24, 2.45) is 4.99 Å². The largest absolute Gasteiger partial charge is 0.434 e. The van der Waals surface area contributed by atoms with Crippen LogP contribution < -0.4 is 16.0 Å². The molecule has 0 fully saturated rings. The third-order valence-electron chi connectivity index (χ3n) is 3.80. The van der Waals surface area contributed by atoms with Crippen LogP contribution in [0.4, 0.5) is 17.6 Å². The number of aromatic nitrogens is 1. The lowest BCUT2D eigenvalue weighted by atomic mass is 10.1. The highest BCUT2D eigenvalue weighted by Gasteiger charge is 2.33. The van der Waals surface area contributed by atoms with E-state index in [-0.39, 0.29) is 48.7 Å². The first-order chi connectivity index (χ1) is 14.3. The molecule has 0 unspecified atom stereocenters. The molecule has 0 saturated carbocycles. The zero-order valence-corrected chi connectivity index (χ0v) is 19.9. The second-order valence-corrected chi connectivity index (χ2v) is 7.16. The molecule has 1 aromatic carbocycles. The molecular formula is C19H24F4IN5OS. The summed E-state index contributed by atoms with van der Waals surface area (Å²) in [6.07, 6.45) is -3.98. The smallest absolute Gasteiger partial charge is 0.357 e. The molecular weight excluding hydrogens is 549 g/mol. The standard InChI is InChI=1S/C19H23F4N5OS.HI/c1-2-24-18(26-8-7-17-28-15(12-30-17)19(21,22)23)27-10-9-25-16(29)11-13-3-5-14(20)6-4-13;/h3-6,12H,2,7-11H2,1H3,(H,25,29)(H2,24,26,27);1H. The molecule has 1 heterocycles. The Hall–Kier alpha value is -1.96. The van der Waals surface area contributed by atoms with Gasteiger partial charge in [0.05, 0.1) is 11.4 Å². The van der Waals surface area contributed by atoms with Crippen LogP contribution in [0.1, 0.15) is 23.2 Å². The number of nitrogens with zero attached hydrogens (tertiary/aromatic N) is 2. The number of guanidine groups is 1.